The van der Waals surface area contributed by atoms with Crippen LogP contribution >= 0.6 is 0 Å². The molecule has 5 heteroatoms. The number of aromatic nitrogens is 2. The molecule has 0 aliphatic rings. The van der Waals surface area contributed by atoms with E-state index in [9.17, 15) is 4.39 Å². The van der Waals surface area contributed by atoms with Crippen LogP contribution < -0.4 is 5.32 Å². The van der Waals surface area contributed by atoms with E-state index in [1.807, 2.05) is 31.2 Å². The predicted molar refractivity (Wildman–Crippen MR) is 78.2 cm³/mol. The topological polar surface area (TPSA) is 51.0 Å². The van der Waals surface area contributed by atoms with Gasteiger partial charge in [0.1, 0.15) is 5.82 Å². The molecule has 3 rings (SSSR count). The highest BCUT2D eigenvalue weighted by Crippen LogP contribution is 2.23. The van der Waals surface area contributed by atoms with Crippen molar-refractivity contribution in [1.29, 1.82) is 0 Å². The molecule has 21 heavy (non-hydrogen) atoms. The monoisotopic (exact) mass is 283 g/mol. The van der Waals surface area contributed by atoms with Gasteiger partial charge in [0.2, 0.25) is 0 Å². The molecule has 0 aliphatic heterocycles. The lowest BCUT2D eigenvalue weighted by Crippen LogP contribution is -2.07. The van der Waals surface area contributed by atoms with E-state index in [1.165, 1.54) is 18.7 Å². The Morgan fingerprint density at radius 3 is 2.57 bits per heavy atom. The maximum atomic E-state index is 13.2. The number of halogens is 1. The minimum absolute atomic E-state index is 0.0377. The summed E-state index contributed by atoms with van der Waals surface area (Å²) < 4.78 is 18.4. The Kier molecular flexibility index (Phi) is 3.64. The summed E-state index contributed by atoms with van der Waals surface area (Å²) in [5, 5.41) is 3.30. The average Bonchev–Trinajstić information content (AvgIpc) is 3.02. The Bertz CT molecular complexity index is 711. The first-order chi connectivity index (χ1) is 10.2. The predicted octanol–water partition coefficient (Wildman–Crippen LogP) is 4.05. The molecule has 0 fully saturated rings. The van der Waals surface area contributed by atoms with Crippen LogP contribution in [-0.4, -0.2) is 9.97 Å². The summed E-state index contributed by atoms with van der Waals surface area (Å²) in [6.07, 6.45) is 5.93. The van der Waals surface area contributed by atoms with Gasteiger partial charge in [0.25, 0.3) is 0 Å². The van der Waals surface area contributed by atoms with Gasteiger partial charge in [-0.25, -0.2) is 9.37 Å². The SMILES string of the molecule is CC(Nc1ccc(-c2cnco2)cc1)c1cncc(F)c1. The third-order valence-electron chi connectivity index (χ3n) is 3.21. The zero-order chi connectivity index (χ0) is 14.7. The maximum Gasteiger partial charge on any atom is 0.181 e. The highest BCUT2D eigenvalue weighted by atomic mass is 19.1. The number of nitrogens with zero attached hydrogens (tertiary/aromatic N) is 2. The lowest BCUT2D eigenvalue weighted by Gasteiger charge is -2.15. The summed E-state index contributed by atoms with van der Waals surface area (Å²) in [4.78, 5) is 7.75. The molecule has 1 aromatic carbocycles. The molecule has 3 aromatic rings. The molecule has 0 spiro atoms. The van der Waals surface area contributed by atoms with Gasteiger partial charge in [-0.15, -0.1) is 0 Å². The molecule has 0 saturated carbocycles. The summed E-state index contributed by atoms with van der Waals surface area (Å²) in [6.45, 7) is 1.96. The molecule has 0 aliphatic carbocycles. The van der Waals surface area contributed by atoms with Crippen LogP contribution in [0.5, 0.6) is 0 Å². The minimum atomic E-state index is -0.332. The van der Waals surface area contributed by atoms with Gasteiger partial charge >= 0.3 is 0 Å². The van der Waals surface area contributed by atoms with Gasteiger partial charge in [-0.3, -0.25) is 4.98 Å². The molecule has 0 radical (unpaired) electrons. The molecule has 1 N–H and O–H groups in total. The van der Waals surface area contributed by atoms with E-state index in [4.69, 9.17) is 4.42 Å². The fraction of sp³-hybridized carbons (Fsp3) is 0.125. The largest absolute Gasteiger partial charge is 0.444 e. The second kappa shape index (κ2) is 5.75. The second-order valence-corrected chi connectivity index (χ2v) is 4.75. The van der Waals surface area contributed by atoms with Crippen LogP contribution in [0.15, 0.2) is 59.7 Å². The van der Waals surface area contributed by atoms with Gasteiger partial charge in [0.05, 0.1) is 18.4 Å². The molecule has 1 atom stereocenters. The lowest BCUT2D eigenvalue weighted by molar-refractivity contribution is 0.572. The maximum absolute atomic E-state index is 13.2. The standard InChI is InChI=1S/C16H14FN3O/c1-11(13-6-14(17)8-18-7-13)20-15-4-2-12(3-5-15)16-9-19-10-21-16/h2-11,20H,1H3. The first-order valence-corrected chi connectivity index (χ1v) is 6.58. The number of nitrogens with one attached hydrogen (secondary N) is 1. The van der Waals surface area contributed by atoms with Gasteiger partial charge < -0.3 is 9.73 Å². The number of oxazole rings is 1. The van der Waals surface area contributed by atoms with Gasteiger partial charge in [-0.1, -0.05) is 0 Å². The van der Waals surface area contributed by atoms with Crippen LogP contribution in [0.2, 0.25) is 0 Å². The number of anilines is 1. The Morgan fingerprint density at radius 1 is 1.10 bits per heavy atom. The summed E-state index contributed by atoms with van der Waals surface area (Å²) in [7, 11) is 0. The lowest BCUT2D eigenvalue weighted by atomic mass is 10.1. The second-order valence-electron chi connectivity index (χ2n) is 4.75. The molecule has 2 heterocycles. The van der Waals surface area contributed by atoms with Crippen molar-refractivity contribution in [3.63, 3.8) is 0 Å². The van der Waals surface area contributed by atoms with Crippen molar-refractivity contribution in [2.45, 2.75) is 13.0 Å². The van der Waals surface area contributed by atoms with Crippen molar-refractivity contribution in [1.82, 2.24) is 9.97 Å². The number of pyridine rings is 1. The van der Waals surface area contributed by atoms with Crippen molar-refractivity contribution < 1.29 is 8.81 Å². The molecular formula is C16H14FN3O. The van der Waals surface area contributed by atoms with E-state index in [2.05, 4.69) is 15.3 Å². The van der Waals surface area contributed by atoms with E-state index in [-0.39, 0.29) is 11.9 Å². The Balaban J connectivity index is 1.73. The third-order valence-corrected chi connectivity index (χ3v) is 3.21. The fourth-order valence-corrected chi connectivity index (χ4v) is 2.09. The number of hydrogen-bond donors (Lipinski definition) is 1. The van der Waals surface area contributed by atoms with E-state index in [1.54, 1.807) is 12.4 Å². The molecule has 106 valence electrons. The highest BCUT2D eigenvalue weighted by Gasteiger charge is 2.07. The molecule has 0 amide bonds. The molecular weight excluding hydrogens is 269 g/mol. The molecule has 2 aromatic heterocycles. The third kappa shape index (κ3) is 3.08. The van der Waals surface area contributed by atoms with Crippen LogP contribution in [0, 0.1) is 5.82 Å². The van der Waals surface area contributed by atoms with E-state index < -0.39 is 0 Å². The van der Waals surface area contributed by atoms with Gasteiger partial charge in [-0.2, -0.15) is 0 Å². The minimum Gasteiger partial charge on any atom is -0.444 e. The Labute approximate surface area is 121 Å². The van der Waals surface area contributed by atoms with Crippen LogP contribution in [0.4, 0.5) is 10.1 Å². The fourth-order valence-electron chi connectivity index (χ4n) is 2.09. The Morgan fingerprint density at radius 2 is 1.90 bits per heavy atom. The summed E-state index contributed by atoms with van der Waals surface area (Å²) in [5.41, 5.74) is 2.70. The molecule has 1 unspecified atom stereocenters. The van der Waals surface area contributed by atoms with Crippen molar-refractivity contribution in [3.05, 3.63) is 66.7 Å². The van der Waals surface area contributed by atoms with Crippen molar-refractivity contribution >= 4 is 5.69 Å². The van der Waals surface area contributed by atoms with E-state index >= 15 is 0 Å². The Hall–Kier alpha value is -2.69. The van der Waals surface area contributed by atoms with Crippen molar-refractivity contribution in [3.8, 4) is 11.3 Å². The molecule has 0 bridgehead atoms. The quantitative estimate of drug-likeness (QED) is 0.784. The van der Waals surface area contributed by atoms with Crippen LogP contribution in [0.3, 0.4) is 0 Å². The summed E-state index contributed by atoms with van der Waals surface area (Å²) >= 11 is 0. The molecule has 0 saturated heterocycles. The number of hydrogen-bond acceptors (Lipinski definition) is 4. The summed E-state index contributed by atoms with van der Waals surface area (Å²) in [5.74, 6) is 0.394. The zero-order valence-corrected chi connectivity index (χ0v) is 11.5. The van der Waals surface area contributed by atoms with E-state index in [0.29, 0.717) is 0 Å². The normalized spacial score (nSPS) is 12.1. The first kappa shape index (κ1) is 13.3. The van der Waals surface area contributed by atoms with Crippen molar-refractivity contribution in [2.24, 2.45) is 0 Å². The van der Waals surface area contributed by atoms with Gasteiger partial charge in [-0.05, 0) is 42.8 Å². The number of rotatable bonds is 4. The summed E-state index contributed by atoms with van der Waals surface area (Å²) in [6, 6.07) is 9.22. The van der Waals surface area contributed by atoms with Gasteiger partial charge in [0.15, 0.2) is 12.2 Å². The molecule has 4 nitrogen and oxygen atoms in total. The van der Waals surface area contributed by atoms with Gasteiger partial charge in [0, 0.05) is 17.4 Å². The van der Waals surface area contributed by atoms with Crippen molar-refractivity contribution in [2.75, 3.05) is 5.32 Å². The van der Waals surface area contributed by atoms with Crippen LogP contribution in [0.1, 0.15) is 18.5 Å². The highest BCUT2D eigenvalue weighted by molar-refractivity contribution is 5.60. The smallest absolute Gasteiger partial charge is 0.181 e. The first-order valence-electron chi connectivity index (χ1n) is 6.58. The average molecular weight is 283 g/mol. The van der Waals surface area contributed by atoms with Crippen LogP contribution in [-0.2, 0) is 0 Å². The van der Waals surface area contributed by atoms with Crippen LogP contribution in [0.25, 0.3) is 11.3 Å². The van der Waals surface area contributed by atoms with E-state index in [0.717, 1.165) is 22.6 Å². The zero-order valence-electron chi connectivity index (χ0n) is 11.5. The number of benzene rings is 1.